The molecule has 0 bridgehead atoms. The Balaban J connectivity index is 2.45. The van der Waals surface area contributed by atoms with E-state index < -0.39 is 0 Å². The molecule has 69 valence electrons. The third-order valence-electron chi connectivity index (χ3n) is 1.86. The van der Waals surface area contributed by atoms with E-state index in [1.807, 2.05) is 0 Å². The van der Waals surface area contributed by atoms with Crippen molar-refractivity contribution in [2.75, 3.05) is 0 Å². The number of hydrogen-bond acceptors (Lipinski definition) is 1. The van der Waals surface area contributed by atoms with Gasteiger partial charge >= 0.3 is 0 Å². The highest BCUT2D eigenvalue weighted by atomic mass is 19.1. The maximum Gasteiger partial charge on any atom is 0.133 e. The first-order valence-corrected chi connectivity index (χ1v) is 4.28. The third kappa shape index (κ3) is 3.36. The molecular formula is C11H12FO. The summed E-state index contributed by atoms with van der Waals surface area (Å²) in [4.78, 5) is 10.5. The van der Waals surface area contributed by atoms with Gasteiger partial charge in [-0.3, -0.25) is 4.79 Å². The predicted octanol–water partition coefficient (Wildman–Crippen LogP) is 2.55. The summed E-state index contributed by atoms with van der Waals surface area (Å²) >= 11 is 0. The highest BCUT2D eigenvalue weighted by molar-refractivity contribution is 5.82. The van der Waals surface area contributed by atoms with Crippen molar-refractivity contribution >= 4 is 5.78 Å². The zero-order valence-electron chi connectivity index (χ0n) is 7.42. The summed E-state index contributed by atoms with van der Waals surface area (Å²) in [5, 5.41) is 0. The first-order valence-electron chi connectivity index (χ1n) is 4.28. The first-order chi connectivity index (χ1) is 6.20. The molecule has 1 aromatic rings. The molecule has 0 saturated heterocycles. The molecule has 1 rings (SSSR count). The molecule has 0 aliphatic carbocycles. The molecule has 0 N–H and O–H groups in total. The number of carbonyl (C=O) groups is 1. The number of benzene rings is 1. The van der Waals surface area contributed by atoms with Crippen molar-refractivity contribution in [3.05, 3.63) is 42.6 Å². The molecule has 0 aliphatic heterocycles. The Morgan fingerprint density at radius 2 is 2.08 bits per heavy atom. The van der Waals surface area contributed by atoms with Gasteiger partial charge in [-0.15, -0.1) is 0 Å². The molecule has 0 amide bonds. The average molecular weight is 179 g/mol. The van der Waals surface area contributed by atoms with Crippen molar-refractivity contribution in [1.82, 2.24) is 0 Å². The quantitative estimate of drug-likeness (QED) is 0.694. The van der Waals surface area contributed by atoms with Crippen molar-refractivity contribution < 1.29 is 9.18 Å². The monoisotopic (exact) mass is 179 g/mol. The normalized spacial score (nSPS) is 10.0. The van der Waals surface area contributed by atoms with Crippen LogP contribution in [0, 0.1) is 12.7 Å². The Kier molecular flexibility index (Phi) is 3.62. The van der Waals surface area contributed by atoms with Crippen LogP contribution in [0.25, 0.3) is 0 Å². The molecule has 1 aromatic carbocycles. The Morgan fingerprint density at radius 1 is 1.38 bits per heavy atom. The summed E-state index contributed by atoms with van der Waals surface area (Å²) in [5.41, 5.74) is 0.670. The van der Waals surface area contributed by atoms with E-state index in [0.717, 1.165) is 0 Å². The van der Waals surface area contributed by atoms with Crippen LogP contribution in [-0.4, -0.2) is 5.78 Å². The van der Waals surface area contributed by atoms with Crippen LogP contribution in [-0.2, 0) is 11.2 Å². The van der Waals surface area contributed by atoms with Gasteiger partial charge in [-0.1, -0.05) is 18.2 Å². The lowest BCUT2D eigenvalue weighted by Crippen LogP contribution is -1.94. The van der Waals surface area contributed by atoms with E-state index in [1.165, 1.54) is 6.07 Å². The molecule has 0 atom stereocenters. The van der Waals surface area contributed by atoms with Gasteiger partial charge in [0.15, 0.2) is 0 Å². The summed E-state index contributed by atoms with van der Waals surface area (Å²) in [7, 11) is 0. The van der Waals surface area contributed by atoms with E-state index in [1.54, 1.807) is 18.2 Å². The van der Waals surface area contributed by atoms with Crippen LogP contribution in [0.1, 0.15) is 18.4 Å². The van der Waals surface area contributed by atoms with Gasteiger partial charge in [0, 0.05) is 13.3 Å². The van der Waals surface area contributed by atoms with Crippen LogP contribution in [0.5, 0.6) is 0 Å². The lowest BCUT2D eigenvalue weighted by molar-refractivity contribution is -0.114. The van der Waals surface area contributed by atoms with Crippen molar-refractivity contribution in [2.45, 2.75) is 19.3 Å². The highest BCUT2D eigenvalue weighted by Crippen LogP contribution is 2.09. The van der Waals surface area contributed by atoms with Crippen molar-refractivity contribution in [3.8, 4) is 0 Å². The Labute approximate surface area is 77.6 Å². The second-order valence-corrected chi connectivity index (χ2v) is 2.98. The van der Waals surface area contributed by atoms with Crippen LogP contribution in [0.15, 0.2) is 24.3 Å². The maximum absolute atomic E-state index is 13.0. The smallest absolute Gasteiger partial charge is 0.133 e. The molecule has 2 heteroatoms. The SMILES string of the molecule is [CH2]C(=O)CCCc1ccccc1F. The summed E-state index contributed by atoms with van der Waals surface area (Å²) in [6, 6.07) is 6.63. The largest absolute Gasteiger partial charge is 0.300 e. The molecular weight excluding hydrogens is 167 g/mol. The summed E-state index contributed by atoms with van der Waals surface area (Å²) in [6.45, 7) is 3.26. The van der Waals surface area contributed by atoms with Crippen LogP contribution in [0.4, 0.5) is 4.39 Å². The minimum absolute atomic E-state index is 0.0867. The number of hydrogen-bond donors (Lipinski definition) is 0. The molecule has 0 unspecified atom stereocenters. The minimum Gasteiger partial charge on any atom is -0.300 e. The van der Waals surface area contributed by atoms with Gasteiger partial charge in [-0.25, -0.2) is 4.39 Å². The zero-order valence-corrected chi connectivity index (χ0v) is 7.42. The van der Waals surface area contributed by atoms with Gasteiger partial charge in [-0.05, 0) is 24.5 Å². The van der Waals surface area contributed by atoms with Crippen LogP contribution >= 0.6 is 0 Å². The lowest BCUT2D eigenvalue weighted by atomic mass is 10.1. The fourth-order valence-corrected chi connectivity index (χ4v) is 1.18. The molecule has 0 heterocycles. The fraction of sp³-hybridized carbons (Fsp3) is 0.273. The van der Waals surface area contributed by atoms with Gasteiger partial charge < -0.3 is 0 Å². The van der Waals surface area contributed by atoms with E-state index in [0.29, 0.717) is 24.8 Å². The third-order valence-corrected chi connectivity index (χ3v) is 1.86. The maximum atomic E-state index is 13.0. The van der Waals surface area contributed by atoms with Crippen molar-refractivity contribution in [1.29, 1.82) is 0 Å². The minimum atomic E-state index is -0.195. The van der Waals surface area contributed by atoms with Crippen molar-refractivity contribution in [2.24, 2.45) is 0 Å². The molecule has 13 heavy (non-hydrogen) atoms. The standard InChI is InChI=1S/C11H12FO/c1-9(13)5-4-7-10-6-2-3-8-11(10)12/h2-3,6,8H,1,4-5,7H2. The number of carbonyl (C=O) groups excluding carboxylic acids is 1. The summed E-state index contributed by atoms with van der Waals surface area (Å²) in [6.07, 6.45) is 1.70. The van der Waals surface area contributed by atoms with E-state index in [-0.39, 0.29) is 11.6 Å². The molecule has 0 fully saturated rings. The molecule has 0 saturated carbocycles. The van der Waals surface area contributed by atoms with Gasteiger partial charge in [0.2, 0.25) is 0 Å². The van der Waals surface area contributed by atoms with Crippen molar-refractivity contribution in [3.63, 3.8) is 0 Å². The van der Waals surface area contributed by atoms with Gasteiger partial charge in [0.25, 0.3) is 0 Å². The topological polar surface area (TPSA) is 17.1 Å². The van der Waals surface area contributed by atoms with E-state index in [9.17, 15) is 9.18 Å². The molecule has 0 aromatic heterocycles. The second-order valence-electron chi connectivity index (χ2n) is 2.98. The lowest BCUT2D eigenvalue weighted by Gasteiger charge is -2.00. The van der Waals surface area contributed by atoms with Crippen LogP contribution in [0.2, 0.25) is 0 Å². The molecule has 1 radical (unpaired) electrons. The number of aryl methyl sites for hydroxylation is 1. The molecule has 0 spiro atoms. The van der Waals surface area contributed by atoms with Gasteiger partial charge in [0.05, 0.1) is 0 Å². The fourth-order valence-electron chi connectivity index (χ4n) is 1.18. The Morgan fingerprint density at radius 3 is 2.69 bits per heavy atom. The number of halogens is 1. The second kappa shape index (κ2) is 4.75. The number of ketones is 1. The summed E-state index contributed by atoms with van der Waals surface area (Å²) < 4.78 is 13.0. The Bertz CT molecular complexity index is 294. The number of rotatable bonds is 4. The average Bonchev–Trinajstić information content (AvgIpc) is 2.08. The first kappa shape index (κ1) is 9.90. The highest BCUT2D eigenvalue weighted by Gasteiger charge is 2.00. The van der Waals surface area contributed by atoms with Crippen LogP contribution in [0.3, 0.4) is 0 Å². The molecule has 1 nitrogen and oxygen atoms in total. The summed E-state index contributed by atoms with van der Waals surface area (Å²) in [5.74, 6) is -0.282. The van der Waals surface area contributed by atoms with Gasteiger partial charge in [0.1, 0.15) is 11.6 Å². The van der Waals surface area contributed by atoms with E-state index >= 15 is 0 Å². The van der Waals surface area contributed by atoms with Crippen LogP contribution < -0.4 is 0 Å². The van der Waals surface area contributed by atoms with Gasteiger partial charge in [-0.2, -0.15) is 0 Å². The zero-order chi connectivity index (χ0) is 9.68. The predicted molar refractivity (Wildman–Crippen MR) is 49.7 cm³/mol. The van der Waals surface area contributed by atoms with E-state index in [2.05, 4.69) is 6.92 Å². The number of Topliss-reactive ketones (excluding diaryl/α,β-unsaturated/α-hetero) is 1. The van der Waals surface area contributed by atoms with E-state index in [4.69, 9.17) is 0 Å². The molecule has 0 aliphatic rings. The Hall–Kier alpha value is -1.18.